The molecule has 2 rings (SSSR count). The fraction of sp³-hybridized carbons (Fsp3) is 0.500. The average molecular weight is 287 g/mol. The molecule has 0 aromatic heterocycles. The van der Waals surface area contributed by atoms with E-state index >= 15 is 0 Å². The molecule has 1 aromatic carbocycles. The molecule has 0 radical (unpaired) electrons. The molecule has 1 aliphatic heterocycles. The zero-order chi connectivity index (χ0) is 11.6. The molecule has 0 saturated carbocycles. The maximum atomic E-state index is 10.5. The summed E-state index contributed by atoms with van der Waals surface area (Å²) in [6, 6.07) is 5.66. The molecule has 3 nitrogen and oxygen atoms in total. The van der Waals surface area contributed by atoms with Crippen LogP contribution in [-0.4, -0.2) is 25.4 Å². The fourth-order valence-corrected chi connectivity index (χ4v) is 2.71. The predicted octanol–water partition coefficient (Wildman–Crippen LogP) is 2.46. The van der Waals surface area contributed by atoms with Crippen molar-refractivity contribution in [1.29, 1.82) is 0 Å². The Hall–Kier alpha value is -0.580. The first kappa shape index (κ1) is 11.9. The zero-order valence-corrected chi connectivity index (χ0v) is 10.8. The van der Waals surface area contributed by atoms with Crippen molar-refractivity contribution in [3.05, 3.63) is 28.2 Å². The second-order valence-electron chi connectivity index (χ2n) is 3.99. The van der Waals surface area contributed by atoms with Gasteiger partial charge in [0.1, 0.15) is 5.75 Å². The standard InChI is InChI=1S/C12H15BrO3/c1-15-9-2-3-10(11(13)8-9)12(14)4-6-16-7-5-12/h2-3,8,14H,4-7H2,1H3. The summed E-state index contributed by atoms with van der Waals surface area (Å²) in [6.45, 7) is 1.21. The Morgan fingerprint density at radius 3 is 2.62 bits per heavy atom. The van der Waals surface area contributed by atoms with Gasteiger partial charge in [0.15, 0.2) is 0 Å². The molecule has 0 amide bonds. The van der Waals surface area contributed by atoms with Gasteiger partial charge in [-0.1, -0.05) is 22.0 Å². The number of methoxy groups -OCH3 is 1. The Bertz CT molecular complexity index is 373. The van der Waals surface area contributed by atoms with E-state index in [1.807, 2.05) is 18.2 Å². The van der Waals surface area contributed by atoms with Crippen LogP contribution in [0.15, 0.2) is 22.7 Å². The van der Waals surface area contributed by atoms with Gasteiger partial charge in [0.05, 0.1) is 12.7 Å². The van der Waals surface area contributed by atoms with E-state index in [2.05, 4.69) is 15.9 Å². The Morgan fingerprint density at radius 2 is 2.06 bits per heavy atom. The zero-order valence-electron chi connectivity index (χ0n) is 9.20. The quantitative estimate of drug-likeness (QED) is 0.908. The van der Waals surface area contributed by atoms with Crippen molar-refractivity contribution in [3.8, 4) is 5.75 Å². The van der Waals surface area contributed by atoms with Gasteiger partial charge in [-0.15, -0.1) is 0 Å². The molecule has 1 heterocycles. The molecule has 16 heavy (non-hydrogen) atoms. The summed E-state index contributed by atoms with van der Waals surface area (Å²) in [5.74, 6) is 0.784. The molecule has 0 spiro atoms. The minimum absolute atomic E-state index is 0.606. The normalized spacial score (nSPS) is 19.4. The van der Waals surface area contributed by atoms with Crippen molar-refractivity contribution >= 4 is 15.9 Å². The van der Waals surface area contributed by atoms with Crippen LogP contribution in [0.5, 0.6) is 5.75 Å². The number of halogens is 1. The SMILES string of the molecule is COc1ccc(C2(O)CCOCC2)c(Br)c1. The fourth-order valence-electron chi connectivity index (χ4n) is 1.98. The molecule has 1 aliphatic rings. The molecule has 0 atom stereocenters. The maximum absolute atomic E-state index is 10.5. The molecular formula is C12H15BrO3. The first-order valence-electron chi connectivity index (χ1n) is 5.30. The highest BCUT2D eigenvalue weighted by molar-refractivity contribution is 9.10. The van der Waals surface area contributed by atoms with Crippen molar-refractivity contribution in [1.82, 2.24) is 0 Å². The summed E-state index contributed by atoms with van der Waals surface area (Å²) in [7, 11) is 1.63. The summed E-state index contributed by atoms with van der Waals surface area (Å²) < 4.78 is 11.3. The lowest BCUT2D eigenvalue weighted by Crippen LogP contribution is -2.33. The highest BCUT2D eigenvalue weighted by atomic mass is 79.9. The lowest BCUT2D eigenvalue weighted by Gasteiger charge is -2.33. The van der Waals surface area contributed by atoms with E-state index in [-0.39, 0.29) is 0 Å². The van der Waals surface area contributed by atoms with Crippen molar-refractivity contribution < 1.29 is 14.6 Å². The third kappa shape index (κ3) is 2.24. The van der Waals surface area contributed by atoms with Crippen LogP contribution in [-0.2, 0) is 10.3 Å². The lowest BCUT2D eigenvalue weighted by molar-refractivity contribution is -0.0683. The van der Waals surface area contributed by atoms with Crippen molar-refractivity contribution in [2.24, 2.45) is 0 Å². The number of benzene rings is 1. The van der Waals surface area contributed by atoms with Crippen molar-refractivity contribution in [2.75, 3.05) is 20.3 Å². The second-order valence-corrected chi connectivity index (χ2v) is 4.84. The summed E-state index contributed by atoms with van der Waals surface area (Å²) in [6.07, 6.45) is 1.27. The monoisotopic (exact) mass is 286 g/mol. The van der Waals surface area contributed by atoms with Gasteiger partial charge in [-0.25, -0.2) is 0 Å². The average Bonchev–Trinajstić information content (AvgIpc) is 2.29. The molecule has 0 bridgehead atoms. The van der Waals surface area contributed by atoms with E-state index in [0.29, 0.717) is 26.1 Å². The molecule has 4 heteroatoms. The van der Waals surface area contributed by atoms with Crippen LogP contribution in [0.4, 0.5) is 0 Å². The van der Waals surface area contributed by atoms with Gasteiger partial charge < -0.3 is 14.6 Å². The molecule has 1 fully saturated rings. The summed E-state index contributed by atoms with van der Waals surface area (Å²) >= 11 is 3.48. The van der Waals surface area contributed by atoms with Crippen LogP contribution in [0.2, 0.25) is 0 Å². The summed E-state index contributed by atoms with van der Waals surface area (Å²) in [5, 5.41) is 10.5. The highest BCUT2D eigenvalue weighted by Crippen LogP contribution is 2.37. The minimum Gasteiger partial charge on any atom is -0.497 e. The first-order chi connectivity index (χ1) is 7.65. The molecule has 1 saturated heterocycles. The minimum atomic E-state index is -0.774. The Labute approximate surface area is 104 Å². The number of rotatable bonds is 2. The Morgan fingerprint density at radius 1 is 1.38 bits per heavy atom. The van der Waals surface area contributed by atoms with Crippen molar-refractivity contribution in [3.63, 3.8) is 0 Å². The van der Waals surface area contributed by atoms with Crippen LogP contribution in [0.1, 0.15) is 18.4 Å². The van der Waals surface area contributed by atoms with Crippen molar-refractivity contribution in [2.45, 2.75) is 18.4 Å². The van der Waals surface area contributed by atoms with Gasteiger partial charge in [0.25, 0.3) is 0 Å². The smallest absolute Gasteiger partial charge is 0.120 e. The third-order valence-corrected chi connectivity index (χ3v) is 3.65. The van der Waals surface area contributed by atoms with Crippen LogP contribution in [0.25, 0.3) is 0 Å². The summed E-state index contributed by atoms with van der Waals surface area (Å²) in [5.41, 5.74) is 0.139. The van der Waals surface area contributed by atoms with E-state index in [9.17, 15) is 5.11 Å². The number of ether oxygens (including phenoxy) is 2. The summed E-state index contributed by atoms with van der Waals surface area (Å²) in [4.78, 5) is 0. The van der Waals surface area contributed by atoms with E-state index in [4.69, 9.17) is 9.47 Å². The largest absolute Gasteiger partial charge is 0.497 e. The maximum Gasteiger partial charge on any atom is 0.120 e. The van der Waals surface area contributed by atoms with Gasteiger partial charge >= 0.3 is 0 Å². The third-order valence-electron chi connectivity index (χ3n) is 3.00. The number of hydrogen-bond donors (Lipinski definition) is 1. The van der Waals surface area contributed by atoms with Gasteiger partial charge in [-0.2, -0.15) is 0 Å². The van der Waals surface area contributed by atoms with Crippen LogP contribution in [0, 0.1) is 0 Å². The second kappa shape index (κ2) is 4.73. The van der Waals surface area contributed by atoms with Gasteiger partial charge in [0, 0.05) is 30.5 Å². The first-order valence-corrected chi connectivity index (χ1v) is 6.09. The van der Waals surface area contributed by atoms with E-state index < -0.39 is 5.60 Å². The topological polar surface area (TPSA) is 38.7 Å². The van der Waals surface area contributed by atoms with E-state index in [0.717, 1.165) is 15.8 Å². The van der Waals surface area contributed by atoms with Gasteiger partial charge in [-0.05, 0) is 17.7 Å². The van der Waals surface area contributed by atoms with Crippen LogP contribution < -0.4 is 4.74 Å². The predicted molar refractivity (Wildman–Crippen MR) is 64.6 cm³/mol. The lowest BCUT2D eigenvalue weighted by atomic mass is 9.86. The van der Waals surface area contributed by atoms with E-state index in [1.54, 1.807) is 7.11 Å². The van der Waals surface area contributed by atoms with Crippen LogP contribution >= 0.6 is 15.9 Å². The van der Waals surface area contributed by atoms with Crippen LogP contribution in [0.3, 0.4) is 0 Å². The highest BCUT2D eigenvalue weighted by Gasteiger charge is 2.33. The number of hydrogen-bond acceptors (Lipinski definition) is 3. The molecule has 0 aliphatic carbocycles. The number of aliphatic hydroxyl groups is 1. The molecule has 0 unspecified atom stereocenters. The molecule has 1 aromatic rings. The molecule has 88 valence electrons. The molecule has 1 N–H and O–H groups in total. The van der Waals surface area contributed by atoms with Gasteiger partial charge in [-0.3, -0.25) is 0 Å². The molecular weight excluding hydrogens is 272 g/mol. The Kier molecular flexibility index (Phi) is 3.52. The van der Waals surface area contributed by atoms with Gasteiger partial charge in [0.2, 0.25) is 0 Å². The van der Waals surface area contributed by atoms with E-state index in [1.165, 1.54) is 0 Å². The Balaban J connectivity index is 2.32.